The van der Waals surface area contributed by atoms with Gasteiger partial charge in [-0.2, -0.15) is 0 Å². The molecule has 2 radical (unpaired) electrons. The van der Waals surface area contributed by atoms with E-state index in [0.717, 1.165) is 0 Å². The molecule has 0 aliphatic heterocycles. The molecule has 0 heterocycles. The van der Waals surface area contributed by atoms with Crippen LogP contribution >= 0.6 is 0 Å². The second-order valence-corrected chi connectivity index (χ2v) is 1.08. The molecule has 1 N–H and O–H groups in total. The highest BCUT2D eigenvalue weighted by atomic mass is 16.3. The van der Waals surface area contributed by atoms with Gasteiger partial charge in [-0.05, 0) is 26.3 Å². The Hall–Kier alpha value is -0.460. The number of rotatable bonds is 1. The molecule has 0 bridgehead atoms. The molecule has 0 aromatic rings. The van der Waals surface area contributed by atoms with Crippen molar-refractivity contribution >= 4 is 0 Å². The van der Waals surface area contributed by atoms with Crippen LogP contribution in [0.4, 0.5) is 0 Å². The van der Waals surface area contributed by atoms with Gasteiger partial charge in [-0.15, -0.1) is 0 Å². The summed E-state index contributed by atoms with van der Waals surface area (Å²) in [7, 11) is 0. The molecule has 0 spiro atoms. The molecule has 0 saturated heterocycles. The van der Waals surface area contributed by atoms with Crippen LogP contribution in [0.25, 0.3) is 0 Å². The Morgan fingerprint density at radius 1 is 2.00 bits per heavy atom. The third kappa shape index (κ3) is 3.54. The summed E-state index contributed by atoms with van der Waals surface area (Å²) in [5.41, 5.74) is 0. The van der Waals surface area contributed by atoms with Gasteiger partial charge in [0.1, 0.15) is 0 Å². The summed E-state index contributed by atoms with van der Waals surface area (Å²) in [6.45, 7) is 6.58. The first-order chi connectivity index (χ1) is 2.77. The van der Waals surface area contributed by atoms with Gasteiger partial charge < -0.3 is 5.11 Å². The normalized spacial score (nSPS) is 12.0. The SMILES string of the molecule is [CH]C/C=C(\C)O. The van der Waals surface area contributed by atoms with Crippen LogP contribution in [0.5, 0.6) is 0 Å². The van der Waals surface area contributed by atoms with Gasteiger partial charge in [0.15, 0.2) is 0 Å². The van der Waals surface area contributed by atoms with Gasteiger partial charge in [-0.3, -0.25) is 0 Å². The van der Waals surface area contributed by atoms with Gasteiger partial charge in [0.25, 0.3) is 0 Å². The standard InChI is InChI=1S/C5H8O/c1-3-4-5(2)6/h1,4,6H,3H2,2H3/b5-4+. The highest BCUT2D eigenvalue weighted by Gasteiger charge is 1.70. The Kier molecular flexibility index (Phi) is 2.55. The molecule has 0 atom stereocenters. The lowest BCUT2D eigenvalue weighted by Crippen LogP contribution is -1.65. The van der Waals surface area contributed by atoms with Crippen molar-refractivity contribution in [1.29, 1.82) is 0 Å². The lowest BCUT2D eigenvalue weighted by Gasteiger charge is -1.80. The molecular weight excluding hydrogens is 76.1 g/mol. The third-order valence-corrected chi connectivity index (χ3v) is 0.413. The summed E-state index contributed by atoms with van der Waals surface area (Å²) in [4.78, 5) is 0. The fourth-order valence-electron chi connectivity index (χ4n) is 0.171. The van der Waals surface area contributed by atoms with E-state index in [9.17, 15) is 0 Å². The number of aliphatic hydroxyl groups is 1. The highest BCUT2D eigenvalue weighted by Crippen LogP contribution is 1.84. The second-order valence-electron chi connectivity index (χ2n) is 1.08. The summed E-state index contributed by atoms with van der Waals surface area (Å²) in [6, 6.07) is 0. The number of hydrogen-bond acceptors (Lipinski definition) is 1. The second kappa shape index (κ2) is 2.76. The van der Waals surface area contributed by atoms with E-state index in [1.54, 1.807) is 13.0 Å². The van der Waals surface area contributed by atoms with Crippen molar-refractivity contribution in [3.63, 3.8) is 0 Å². The third-order valence-electron chi connectivity index (χ3n) is 0.413. The van der Waals surface area contributed by atoms with Crippen LogP contribution in [0.2, 0.25) is 0 Å². The molecule has 0 aromatic carbocycles. The number of hydrogen-bond donors (Lipinski definition) is 1. The minimum Gasteiger partial charge on any atom is -0.513 e. The van der Waals surface area contributed by atoms with Crippen LogP contribution in [0.1, 0.15) is 13.3 Å². The first-order valence-corrected chi connectivity index (χ1v) is 1.83. The summed E-state index contributed by atoms with van der Waals surface area (Å²) in [5.74, 6) is 0.289. The number of aliphatic hydroxyl groups excluding tert-OH is 1. The van der Waals surface area contributed by atoms with E-state index in [1.807, 2.05) is 0 Å². The van der Waals surface area contributed by atoms with E-state index in [4.69, 9.17) is 12.0 Å². The van der Waals surface area contributed by atoms with Gasteiger partial charge in [-0.25, -0.2) is 0 Å². The molecule has 0 fully saturated rings. The van der Waals surface area contributed by atoms with E-state index in [2.05, 4.69) is 0 Å². The van der Waals surface area contributed by atoms with Crippen LogP contribution in [0, 0.1) is 6.92 Å². The van der Waals surface area contributed by atoms with Crippen LogP contribution in [-0.2, 0) is 0 Å². The van der Waals surface area contributed by atoms with Crippen LogP contribution in [0.3, 0.4) is 0 Å². The van der Waals surface area contributed by atoms with Gasteiger partial charge in [0.05, 0.1) is 5.76 Å². The highest BCUT2D eigenvalue weighted by molar-refractivity contribution is 4.85. The molecule has 0 aliphatic carbocycles. The van der Waals surface area contributed by atoms with Gasteiger partial charge >= 0.3 is 0 Å². The monoisotopic (exact) mass is 84.1 g/mol. The van der Waals surface area contributed by atoms with Crippen molar-refractivity contribution in [1.82, 2.24) is 0 Å². The average molecular weight is 84.1 g/mol. The molecule has 0 rings (SSSR count). The molecule has 0 amide bonds. The fraction of sp³-hybridized carbons (Fsp3) is 0.400. The lowest BCUT2D eigenvalue weighted by molar-refractivity contribution is 0.412. The molecule has 1 nitrogen and oxygen atoms in total. The molecule has 34 valence electrons. The lowest BCUT2D eigenvalue weighted by atomic mass is 10.4. The van der Waals surface area contributed by atoms with E-state index in [-0.39, 0.29) is 5.76 Å². The van der Waals surface area contributed by atoms with Crippen LogP contribution in [0.15, 0.2) is 11.8 Å². The Bertz CT molecular complexity index is 51.0. The van der Waals surface area contributed by atoms with Crippen molar-refractivity contribution in [2.24, 2.45) is 0 Å². The van der Waals surface area contributed by atoms with E-state index < -0.39 is 0 Å². The van der Waals surface area contributed by atoms with Gasteiger partial charge in [0, 0.05) is 0 Å². The van der Waals surface area contributed by atoms with Gasteiger partial charge in [0.2, 0.25) is 0 Å². The number of allylic oxidation sites excluding steroid dienone is 2. The first-order valence-electron chi connectivity index (χ1n) is 1.83. The maximum absolute atomic E-state index is 8.33. The smallest absolute Gasteiger partial charge is 0.0852 e. The Balaban J connectivity index is 3.14. The molecule has 0 aliphatic rings. The van der Waals surface area contributed by atoms with Crippen molar-refractivity contribution < 1.29 is 5.11 Å². The minimum atomic E-state index is 0.289. The van der Waals surface area contributed by atoms with Crippen molar-refractivity contribution in [3.05, 3.63) is 18.8 Å². The molecule has 6 heavy (non-hydrogen) atoms. The zero-order valence-electron chi connectivity index (χ0n) is 3.81. The summed E-state index contributed by atoms with van der Waals surface area (Å²) < 4.78 is 0. The Morgan fingerprint density at radius 3 is 2.50 bits per heavy atom. The molecule has 0 unspecified atom stereocenters. The molecule has 0 aromatic heterocycles. The molecule has 1 heteroatoms. The van der Waals surface area contributed by atoms with Crippen molar-refractivity contribution in [2.75, 3.05) is 0 Å². The van der Waals surface area contributed by atoms with E-state index in [1.165, 1.54) is 0 Å². The maximum Gasteiger partial charge on any atom is 0.0852 e. The summed E-state index contributed by atoms with van der Waals surface area (Å²) in [5, 5.41) is 8.33. The largest absolute Gasteiger partial charge is 0.513 e. The molecule has 0 saturated carbocycles. The molecular formula is C5H8O. The average Bonchev–Trinajstić information content (AvgIpc) is 1.35. The van der Waals surface area contributed by atoms with E-state index in [0.29, 0.717) is 6.42 Å². The first kappa shape index (κ1) is 5.54. The van der Waals surface area contributed by atoms with E-state index >= 15 is 0 Å². The predicted octanol–water partition coefficient (Wildman–Crippen LogP) is 1.55. The Morgan fingerprint density at radius 2 is 2.50 bits per heavy atom. The van der Waals surface area contributed by atoms with Crippen LogP contribution < -0.4 is 0 Å². The topological polar surface area (TPSA) is 20.2 Å². The minimum absolute atomic E-state index is 0.289. The fourth-order valence-corrected chi connectivity index (χ4v) is 0.171. The quantitative estimate of drug-likeness (QED) is 0.478. The van der Waals surface area contributed by atoms with Crippen molar-refractivity contribution in [3.8, 4) is 0 Å². The van der Waals surface area contributed by atoms with Crippen LogP contribution in [-0.4, -0.2) is 5.11 Å². The zero-order valence-corrected chi connectivity index (χ0v) is 3.81. The Labute approximate surface area is 38.3 Å². The van der Waals surface area contributed by atoms with Gasteiger partial charge in [-0.1, -0.05) is 0 Å². The summed E-state index contributed by atoms with van der Waals surface area (Å²) >= 11 is 0. The predicted molar refractivity (Wildman–Crippen MR) is 25.3 cm³/mol. The van der Waals surface area contributed by atoms with Crippen molar-refractivity contribution in [2.45, 2.75) is 13.3 Å². The summed E-state index contributed by atoms with van der Waals surface area (Å²) in [6.07, 6.45) is 1.96. The zero-order chi connectivity index (χ0) is 4.99. The maximum atomic E-state index is 8.33.